The van der Waals surface area contributed by atoms with Gasteiger partial charge in [-0.15, -0.1) is 0 Å². The van der Waals surface area contributed by atoms with E-state index in [1.165, 1.54) is 0 Å². The van der Waals surface area contributed by atoms with E-state index < -0.39 is 6.04 Å². The number of hydrogen-bond acceptors (Lipinski definition) is 3. The predicted molar refractivity (Wildman–Crippen MR) is 101 cm³/mol. The molecule has 25 heavy (non-hydrogen) atoms. The average Bonchev–Trinajstić information content (AvgIpc) is 2.66. The number of benzene rings is 2. The fraction of sp³-hybridized carbons (Fsp3) is 0.381. The van der Waals surface area contributed by atoms with Gasteiger partial charge in [-0.2, -0.15) is 0 Å². The van der Waals surface area contributed by atoms with Crippen LogP contribution < -0.4 is 10.6 Å². The highest BCUT2D eigenvalue weighted by molar-refractivity contribution is 5.81. The molecule has 0 aliphatic carbocycles. The fourth-order valence-electron chi connectivity index (χ4n) is 2.73. The van der Waals surface area contributed by atoms with Crippen LogP contribution in [0.15, 0.2) is 60.7 Å². The SMILES string of the molecule is CCC(C)[C@H](C[NH2+]C)OC(=O)[C@H](Nc1ccccc1)c1ccccc1. The minimum absolute atomic E-state index is 0.0914. The van der Waals surface area contributed by atoms with Gasteiger partial charge in [-0.1, -0.05) is 62.4 Å². The molecule has 134 valence electrons. The second-order valence-electron chi connectivity index (χ2n) is 6.36. The molecule has 0 fully saturated rings. The molecule has 0 aliphatic rings. The summed E-state index contributed by atoms with van der Waals surface area (Å²) in [5.41, 5.74) is 1.80. The summed E-state index contributed by atoms with van der Waals surface area (Å²) in [4.78, 5) is 13.0. The second kappa shape index (κ2) is 9.84. The Morgan fingerprint density at radius 1 is 1.08 bits per heavy atom. The maximum Gasteiger partial charge on any atom is 0.333 e. The Morgan fingerprint density at radius 3 is 2.24 bits per heavy atom. The van der Waals surface area contributed by atoms with Crippen LogP contribution >= 0.6 is 0 Å². The Morgan fingerprint density at radius 2 is 1.68 bits per heavy atom. The number of hydrogen-bond donors (Lipinski definition) is 2. The maximum absolute atomic E-state index is 13.0. The van der Waals surface area contributed by atoms with Gasteiger partial charge in [-0.3, -0.25) is 0 Å². The summed E-state index contributed by atoms with van der Waals surface area (Å²) in [6.45, 7) is 5.02. The molecule has 0 saturated heterocycles. The molecule has 0 bridgehead atoms. The van der Waals surface area contributed by atoms with Crippen LogP contribution in [0.2, 0.25) is 0 Å². The topological polar surface area (TPSA) is 54.9 Å². The van der Waals surface area contributed by atoms with Crippen molar-refractivity contribution in [2.45, 2.75) is 32.4 Å². The summed E-state index contributed by atoms with van der Waals surface area (Å²) >= 11 is 0. The van der Waals surface area contributed by atoms with Crippen LogP contribution in [-0.2, 0) is 9.53 Å². The van der Waals surface area contributed by atoms with Crippen molar-refractivity contribution in [3.05, 3.63) is 66.2 Å². The van der Waals surface area contributed by atoms with E-state index in [2.05, 4.69) is 24.5 Å². The first kappa shape index (κ1) is 19.0. The lowest BCUT2D eigenvalue weighted by atomic mass is 10.0. The molecule has 0 aliphatic heterocycles. The van der Waals surface area contributed by atoms with E-state index >= 15 is 0 Å². The van der Waals surface area contributed by atoms with Crippen LogP contribution in [-0.4, -0.2) is 25.7 Å². The first-order valence-electron chi connectivity index (χ1n) is 9.00. The first-order chi connectivity index (χ1) is 12.2. The summed E-state index contributed by atoms with van der Waals surface area (Å²) in [7, 11) is 2.00. The van der Waals surface area contributed by atoms with Crippen LogP contribution in [0.5, 0.6) is 0 Å². The van der Waals surface area contributed by atoms with Gasteiger partial charge >= 0.3 is 5.97 Å². The fourth-order valence-corrected chi connectivity index (χ4v) is 2.73. The molecule has 2 aromatic carbocycles. The number of carbonyl (C=O) groups excluding carboxylic acids is 1. The molecule has 0 spiro atoms. The smallest absolute Gasteiger partial charge is 0.333 e. The number of para-hydroxylation sites is 1. The van der Waals surface area contributed by atoms with Crippen LogP contribution in [0.3, 0.4) is 0 Å². The third kappa shape index (κ3) is 5.61. The molecule has 4 heteroatoms. The zero-order chi connectivity index (χ0) is 18.1. The molecule has 2 rings (SSSR count). The van der Waals surface area contributed by atoms with Gasteiger partial charge in [0.1, 0.15) is 6.54 Å². The molecule has 3 atom stereocenters. The van der Waals surface area contributed by atoms with Crippen LogP contribution in [0.1, 0.15) is 31.9 Å². The van der Waals surface area contributed by atoms with E-state index in [-0.39, 0.29) is 12.1 Å². The number of rotatable bonds is 9. The maximum atomic E-state index is 13.0. The Labute approximate surface area is 150 Å². The van der Waals surface area contributed by atoms with Crippen molar-refractivity contribution < 1.29 is 14.8 Å². The molecule has 0 radical (unpaired) electrons. The van der Waals surface area contributed by atoms with Gasteiger partial charge in [0.2, 0.25) is 0 Å². The normalized spacial score (nSPS) is 14.4. The van der Waals surface area contributed by atoms with Gasteiger partial charge in [-0.25, -0.2) is 4.79 Å². The summed E-state index contributed by atoms with van der Waals surface area (Å²) in [5.74, 6) is 0.0931. The number of likely N-dealkylation sites (N-methyl/N-ethyl adjacent to an activating group) is 1. The zero-order valence-electron chi connectivity index (χ0n) is 15.3. The van der Waals surface area contributed by atoms with Gasteiger partial charge in [0.15, 0.2) is 12.1 Å². The minimum atomic E-state index is -0.521. The molecule has 4 nitrogen and oxygen atoms in total. The minimum Gasteiger partial charge on any atom is -0.454 e. The highest BCUT2D eigenvalue weighted by Gasteiger charge is 2.28. The number of anilines is 1. The average molecular weight is 341 g/mol. The van der Waals surface area contributed by atoms with E-state index in [0.717, 1.165) is 24.2 Å². The number of nitrogens with one attached hydrogen (secondary N) is 1. The highest BCUT2D eigenvalue weighted by atomic mass is 16.5. The third-order valence-corrected chi connectivity index (χ3v) is 4.47. The Hall–Kier alpha value is -2.33. The number of carbonyl (C=O) groups is 1. The van der Waals surface area contributed by atoms with E-state index in [9.17, 15) is 4.79 Å². The van der Waals surface area contributed by atoms with Crippen molar-refractivity contribution in [3.63, 3.8) is 0 Å². The van der Waals surface area contributed by atoms with Crippen LogP contribution in [0, 0.1) is 5.92 Å². The van der Waals surface area contributed by atoms with Crippen LogP contribution in [0.4, 0.5) is 5.69 Å². The van der Waals surface area contributed by atoms with Crippen molar-refractivity contribution >= 4 is 11.7 Å². The first-order valence-corrected chi connectivity index (χ1v) is 9.00. The van der Waals surface area contributed by atoms with E-state index in [0.29, 0.717) is 5.92 Å². The molecular formula is C21H29N2O2+. The number of quaternary nitrogens is 1. The monoisotopic (exact) mass is 341 g/mol. The lowest BCUT2D eigenvalue weighted by molar-refractivity contribution is -0.634. The lowest BCUT2D eigenvalue weighted by Crippen LogP contribution is -2.82. The van der Waals surface area contributed by atoms with E-state index in [1.807, 2.05) is 67.7 Å². The number of esters is 1. The summed E-state index contributed by atoms with van der Waals surface area (Å²) < 4.78 is 5.90. The Balaban J connectivity index is 2.20. The number of ether oxygens (including phenoxy) is 1. The molecule has 0 heterocycles. The second-order valence-corrected chi connectivity index (χ2v) is 6.36. The van der Waals surface area contributed by atoms with Gasteiger partial charge < -0.3 is 15.4 Å². The quantitative estimate of drug-likeness (QED) is 0.690. The highest BCUT2D eigenvalue weighted by Crippen LogP contribution is 2.22. The standard InChI is InChI=1S/C21H28N2O2/c1-4-16(2)19(15-22-3)25-21(24)20(17-11-7-5-8-12-17)23-18-13-9-6-10-14-18/h5-14,16,19-20,22-23H,4,15H2,1-3H3/p+1/t16?,19-,20+/m0/s1. The Kier molecular flexibility index (Phi) is 7.48. The van der Waals surface area contributed by atoms with Crippen molar-refractivity contribution in [2.75, 3.05) is 18.9 Å². The molecular weight excluding hydrogens is 312 g/mol. The summed E-state index contributed by atoms with van der Waals surface area (Å²) in [5, 5.41) is 5.38. The molecule has 1 unspecified atom stereocenters. The lowest BCUT2D eigenvalue weighted by Gasteiger charge is -2.25. The summed E-state index contributed by atoms with van der Waals surface area (Å²) in [6.07, 6.45) is 0.889. The number of nitrogens with two attached hydrogens (primary N) is 1. The van der Waals surface area contributed by atoms with Gasteiger partial charge in [0.25, 0.3) is 0 Å². The predicted octanol–water partition coefficient (Wildman–Crippen LogP) is 2.99. The molecule has 0 amide bonds. The van der Waals surface area contributed by atoms with Crippen LogP contribution in [0.25, 0.3) is 0 Å². The third-order valence-electron chi connectivity index (χ3n) is 4.47. The van der Waals surface area contributed by atoms with E-state index in [4.69, 9.17) is 4.74 Å². The molecule has 3 N–H and O–H groups in total. The van der Waals surface area contributed by atoms with Gasteiger partial charge in [-0.05, 0) is 30.0 Å². The Bertz CT molecular complexity index is 631. The zero-order valence-corrected chi connectivity index (χ0v) is 15.3. The van der Waals surface area contributed by atoms with Gasteiger partial charge in [0, 0.05) is 5.69 Å². The van der Waals surface area contributed by atoms with Crippen molar-refractivity contribution in [3.8, 4) is 0 Å². The van der Waals surface area contributed by atoms with Gasteiger partial charge in [0.05, 0.1) is 7.05 Å². The molecule has 0 aromatic heterocycles. The molecule has 2 aromatic rings. The summed E-state index contributed by atoms with van der Waals surface area (Å²) in [6, 6.07) is 19.0. The molecule has 0 saturated carbocycles. The van der Waals surface area contributed by atoms with Crippen molar-refractivity contribution in [2.24, 2.45) is 5.92 Å². The largest absolute Gasteiger partial charge is 0.454 e. The van der Waals surface area contributed by atoms with Crippen molar-refractivity contribution in [1.29, 1.82) is 0 Å². The van der Waals surface area contributed by atoms with E-state index in [1.54, 1.807) is 0 Å². The van der Waals surface area contributed by atoms with Crippen molar-refractivity contribution in [1.82, 2.24) is 0 Å².